The Kier molecular flexibility index (Phi) is 5.58. The first kappa shape index (κ1) is 19.1. The second-order valence-corrected chi connectivity index (χ2v) is 6.62. The molecule has 0 aliphatic heterocycles. The molecule has 0 spiro atoms. The summed E-state index contributed by atoms with van der Waals surface area (Å²) in [5, 5.41) is 10.1. The van der Waals surface area contributed by atoms with Crippen molar-refractivity contribution in [3.8, 4) is 0 Å². The van der Waals surface area contributed by atoms with Gasteiger partial charge in [0, 0.05) is 22.5 Å². The number of carbonyl (C=O) groups is 1. The van der Waals surface area contributed by atoms with Gasteiger partial charge in [0.05, 0.1) is 16.1 Å². The van der Waals surface area contributed by atoms with Crippen molar-refractivity contribution >= 4 is 45.6 Å². The zero-order valence-electron chi connectivity index (χ0n) is 14.7. The number of halogens is 2. The van der Waals surface area contributed by atoms with Crippen molar-refractivity contribution in [2.75, 3.05) is 0 Å². The van der Waals surface area contributed by atoms with Gasteiger partial charge >= 0.3 is 0 Å². The normalized spacial score (nSPS) is 11.6. The summed E-state index contributed by atoms with van der Waals surface area (Å²) in [4.78, 5) is 25.0. The molecule has 0 unspecified atom stereocenters. The number of fused-ring (bicyclic) bond motifs is 1. The lowest BCUT2D eigenvalue weighted by Crippen LogP contribution is -2.28. The molecule has 0 aliphatic carbocycles. The van der Waals surface area contributed by atoms with Gasteiger partial charge in [0.15, 0.2) is 5.69 Å². The van der Waals surface area contributed by atoms with E-state index in [1.807, 2.05) is 0 Å². The van der Waals surface area contributed by atoms with Gasteiger partial charge < -0.3 is 0 Å². The minimum atomic E-state index is -0.516. The highest BCUT2D eigenvalue weighted by atomic mass is 35.5. The molecule has 6 nitrogen and oxygen atoms in total. The summed E-state index contributed by atoms with van der Waals surface area (Å²) < 4.78 is 1.25. The summed E-state index contributed by atoms with van der Waals surface area (Å²) in [6.45, 7) is 3.86. The number of hydrazone groups is 1. The maximum atomic E-state index is 12.7. The summed E-state index contributed by atoms with van der Waals surface area (Å²) >= 11 is 12.1. The number of rotatable bonds is 4. The number of aryl methyl sites for hydroxylation is 1. The first-order valence-corrected chi connectivity index (χ1v) is 8.98. The Labute approximate surface area is 165 Å². The van der Waals surface area contributed by atoms with Gasteiger partial charge in [-0.25, -0.2) is 10.1 Å². The molecule has 0 saturated carbocycles. The predicted molar refractivity (Wildman–Crippen MR) is 108 cm³/mol. The molecule has 1 heterocycles. The Morgan fingerprint density at radius 2 is 1.89 bits per heavy atom. The van der Waals surface area contributed by atoms with Gasteiger partial charge in [-0.05, 0) is 32.0 Å². The Morgan fingerprint density at radius 1 is 1.19 bits per heavy atom. The Morgan fingerprint density at radius 3 is 2.56 bits per heavy atom. The largest absolute Gasteiger partial charge is 0.292 e. The van der Waals surface area contributed by atoms with Crippen LogP contribution in [0.3, 0.4) is 0 Å². The second kappa shape index (κ2) is 7.90. The minimum Gasteiger partial charge on any atom is -0.267 e. The first-order valence-electron chi connectivity index (χ1n) is 8.22. The third kappa shape index (κ3) is 3.86. The highest BCUT2D eigenvalue weighted by Crippen LogP contribution is 2.21. The lowest BCUT2D eigenvalue weighted by atomic mass is 10.1. The highest BCUT2D eigenvalue weighted by molar-refractivity contribution is 6.37. The SMILES string of the molecule is CCn1nc(C(=O)N/N=C(/C)c2ccc(Cl)cc2Cl)c2ccccc2c1=O. The number of hydrogen-bond donors (Lipinski definition) is 1. The number of hydrogen-bond acceptors (Lipinski definition) is 4. The van der Waals surface area contributed by atoms with Gasteiger partial charge in [-0.3, -0.25) is 9.59 Å². The van der Waals surface area contributed by atoms with E-state index in [0.717, 1.165) is 0 Å². The average Bonchev–Trinajstić information content (AvgIpc) is 2.66. The fourth-order valence-corrected chi connectivity index (χ4v) is 3.19. The van der Waals surface area contributed by atoms with Crippen molar-refractivity contribution < 1.29 is 4.79 Å². The van der Waals surface area contributed by atoms with Crippen LogP contribution in [0.1, 0.15) is 29.9 Å². The summed E-state index contributed by atoms with van der Waals surface area (Å²) in [5.74, 6) is -0.516. The maximum absolute atomic E-state index is 12.7. The lowest BCUT2D eigenvalue weighted by Gasteiger charge is -2.09. The first-order chi connectivity index (χ1) is 12.9. The van der Waals surface area contributed by atoms with Crippen LogP contribution in [0.25, 0.3) is 10.8 Å². The van der Waals surface area contributed by atoms with Crippen molar-refractivity contribution in [2.24, 2.45) is 5.10 Å². The number of nitrogens with zero attached hydrogens (tertiary/aromatic N) is 3. The van der Waals surface area contributed by atoms with Crippen LogP contribution in [-0.4, -0.2) is 21.4 Å². The van der Waals surface area contributed by atoms with Crippen LogP contribution in [0.4, 0.5) is 0 Å². The van der Waals surface area contributed by atoms with Crippen molar-refractivity contribution in [2.45, 2.75) is 20.4 Å². The van der Waals surface area contributed by atoms with Crippen molar-refractivity contribution in [1.82, 2.24) is 15.2 Å². The topological polar surface area (TPSA) is 76.3 Å². The number of nitrogens with one attached hydrogen (secondary N) is 1. The number of aromatic nitrogens is 2. The number of amides is 1. The van der Waals surface area contributed by atoms with Gasteiger partial charge in [-0.1, -0.05) is 47.5 Å². The summed E-state index contributed by atoms with van der Waals surface area (Å²) in [6.07, 6.45) is 0. The van der Waals surface area contributed by atoms with Crippen molar-refractivity contribution in [1.29, 1.82) is 0 Å². The van der Waals surface area contributed by atoms with E-state index in [-0.39, 0.29) is 11.3 Å². The minimum absolute atomic E-state index is 0.130. The molecule has 0 aliphatic rings. The Bertz CT molecular complexity index is 1120. The van der Waals surface area contributed by atoms with E-state index >= 15 is 0 Å². The van der Waals surface area contributed by atoms with E-state index in [1.54, 1.807) is 56.3 Å². The van der Waals surface area contributed by atoms with Crippen molar-refractivity contribution in [3.05, 3.63) is 74.1 Å². The molecule has 0 radical (unpaired) electrons. The molecular formula is C19H16Cl2N4O2. The van der Waals surface area contributed by atoms with E-state index in [4.69, 9.17) is 23.2 Å². The van der Waals surface area contributed by atoms with E-state index in [9.17, 15) is 9.59 Å². The molecule has 2 aromatic carbocycles. The Balaban J connectivity index is 1.97. The third-order valence-electron chi connectivity index (χ3n) is 4.03. The smallest absolute Gasteiger partial charge is 0.267 e. The molecule has 0 bridgehead atoms. The predicted octanol–water partition coefficient (Wildman–Crippen LogP) is 3.88. The maximum Gasteiger partial charge on any atom is 0.292 e. The molecule has 138 valence electrons. The molecule has 27 heavy (non-hydrogen) atoms. The molecule has 3 rings (SSSR count). The molecule has 1 amide bonds. The molecule has 8 heteroatoms. The average molecular weight is 403 g/mol. The van der Waals surface area contributed by atoms with E-state index in [0.29, 0.717) is 38.6 Å². The van der Waals surface area contributed by atoms with E-state index in [1.165, 1.54) is 4.68 Å². The molecule has 1 aromatic heterocycles. The van der Waals surface area contributed by atoms with Gasteiger partial charge in [-0.15, -0.1) is 0 Å². The fourth-order valence-electron chi connectivity index (χ4n) is 2.65. The van der Waals surface area contributed by atoms with Gasteiger partial charge in [-0.2, -0.15) is 10.2 Å². The summed E-state index contributed by atoms with van der Waals surface area (Å²) in [6, 6.07) is 11.9. The Hall–Kier alpha value is -2.70. The summed E-state index contributed by atoms with van der Waals surface area (Å²) in [5.41, 5.74) is 3.54. The number of carbonyl (C=O) groups excluding carboxylic acids is 1. The molecule has 0 atom stereocenters. The van der Waals surface area contributed by atoms with Crippen LogP contribution in [0.2, 0.25) is 10.0 Å². The van der Waals surface area contributed by atoms with Gasteiger partial charge in [0.25, 0.3) is 11.5 Å². The quantitative estimate of drug-likeness (QED) is 0.531. The summed E-state index contributed by atoms with van der Waals surface area (Å²) in [7, 11) is 0. The van der Waals surface area contributed by atoms with Crippen LogP contribution < -0.4 is 11.0 Å². The zero-order valence-corrected chi connectivity index (χ0v) is 16.2. The molecule has 1 N–H and O–H groups in total. The molecule has 3 aromatic rings. The molecule has 0 fully saturated rings. The van der Waals surface area contributed by atoms with Crippen LogP contribution in [0.15, 0.2) is 52.4 Å². The molecule has 0 saturated heterocycles. The second-order valence-electron chi connectivity index (χ2n) is 5.78. The van der Waals surface area contributed by atoms with Crippen LogP contribution >= 0.6 is 23.2 Å². The highest BCUT2D eigenvalue weighted by Gasteiger charge is 2.16. The third-order valence-corrected chi connectivity index (χ3v) is 4.58. The van der Waals surface area contributed by atoms with Crippen LogP contribution in [0.5, 0.6) is 0 Å². The fraction of sp³-hybridized carbons (Fsp3) is 0.158. The zero-order chi connectivity index (χ0) is 19.6. The molecular weight excluding hydrogens is 387 g/mol. The monoisotopic (exact) mass is 402 g/mol. The van der Waals surface area contributed by atoms with E-state index < -0.39 is 5.91 Å². The van der Waals surface area contributed by atoms with Crippen molar-refractivity contribution in [3.63, 3.8) is 0 Å². The van der Waals surface area contributed by atoms with Gasteiger partial charge in [0.1, 0.15) is 0 Å². The van der Waals surface area contributed by atoms with Crippen LogP contribution in [-0.2, 0) is 6.54 Å². The van der Waals surface area contributed by atoms with Gasteiger partial charge in [0.2, 0.25) is 0 Å². The van der Waals surface area contributed by atoms with Crippen LogP contribution in [0, 0.1) is 0 Å². The number of benzene rings is 2. The lowest BCUT2D eigenvalue weighted by molar-refractivity contribution is 0.0949. The standard InChI is InChI=1S/C19H16Cl2N4O2/c1-3-25-19(27)15-7-5-4-6-14(15)17(24-25)18(26)23-22-11(2)13-9-8-12(20)10-16(13)21/h4-10H,3H2,1-2H3,(H,23,26)/b22-11-. The van der Waals surface area contributed by atoms with E-state index in [2.05, 4.69) is 15.6 Å².